The van der Waals surface area contributed by atoms with Crippen LogP contribution in [0.4, 0.5) is 5.69 Å². The van der Waals surface area contributed by atoms with Gasteiger partial charge in [0, 0.05) is 17.1 Å². The van der Waals surface area contributed by atoms with Crippen LogP contribution in [0.15, 0.2) is 94.8 Å². The zero-order valence-electron chi connectivity index (χ0n) is 23.0. The number of benzene rings is 3. The number of amides is 1. The summed E-state index contributed by atoms with van der Waals surface area (Å²) in [7, 11) is 0. The lowest BCUT2D eigenvalue weighted by molar-refractivity contribution is -0.122. The number of rotatable bonds is 7. The van der Waals surface area contributed by atoms with E-state index >= 15 is 0 Å². The van der Waals surface area contributed by atoms with E-state index < -0.39 is 5.97 Å². The molecule has 2 heterocycles. The van der Waals surface area contributed by atoms with Crippen LogP contribution in [-0.2, 0) is 11.3 Å². The molecule has 1 aliphatic heterocycles. The Labute approximate surface area is 238 Å². The van der Waals surface area contributed by atoms with E-state index in [0.717, 1.165) is 33.9 Å². The maximum atomic E-state index is 13.7. The van der Waals surface area contributed by atoms with Gasteiger partial charge in [0.25, 0.3) is 5.91 Å². The first kappa shape index (κ1) is 27.2. The molecule has 1 saturated heterocycles. The Hall–Kier alpha value is -4.36. The van der Waals surface area contributed by atoms with Gasteiger partial charge in [-0.15, -0.1) is 0 Å². The van der Waals surface area contributed by atoms with E-state index in [4.69, 9.17) is 4.99 Å². The summed E-state index contributed by atoms with van der Waals surface area (Å²) in [5.74, 6) is -0.645. The topological polar surface area (TPSA) is 74.9 Å². The van der Waals surface area contributed by atoms with E-state index in [2.05, 4.69) is 62.6 Å². The summed E-state index contributed by atoms with van der Waals surface area (Å²) in [5.41, 5.74) is 7.30. The fourth-order valence-corrected chi connectivity index (χ4v) is 5.75. The van der Waals surface area contributed by atoms with Crippen molar-refractivity contribution in [3.05, 3.63) is 123 Å². The van der Waals surface area contributed by atoms with Crippen LogP contribution in [0.3, 0.4) is 0 Å². The average Bonchev–Trinajstić information content (AvgIpc) is 3.38. The van der Waals surface area contributed by atoms with Crippen LogP contribution in [0, 0.1) is 13.8 Å². The molecule has 0 saturated carbocycles. The normalized spacial score (nSPS) is 15.5. The number of amidine groups is 1. The second kappa shape index (κ2) is 11.4. The lowest BCUT2D eigenvalue weighted by Crippen LogP contribution is -2.28. The van der Waals surface area contributed by atoms with Crippen LogP contribution in [0.1, 0.15) is 58.2 Å². The number of para-hydroxylation sites is 1. The third kappa shape index (κ3) is 5.65. The number of thioether (sulfide) groups is 1. The Balaban J connectivity index is 1.49. The summed E-state index contributed by atoms with van der Waals surface area (Å²) in [6.07, 6.45) is 1.95. The zero-order chi connectivity index (χ0) is 28.4. The van der Waals surface area contributed by atoms with Crippen molar-refractivity contribution < 1.29 is 14.7 Å². The number of aliphatic imine (C=N–C) groups is 1. The molecule has 202 valence electrons. The van der Waals surface area contributed by atoms with Crippen molar-refractivity contribution in [3.8, 4) is 5.69 Å². The summed E-state index contributed by atoms with van der Waals surface area (Å²) < 4.78 is 2.21. The lowest BCUT2D eigenvalue weighted by Gasteiger charge is -2.16. The molecule has 0 unspecified atom stereocenters. The van der Waals surface area contributed by atoms with Crippen LogP contribution in [-0.4, -0.2) is 31.6 Å². The summed E-state index contributed by atoms with van der Waals surface area (Å²) in [4.78, 5) is 32.0. The molecule has 40 heavy (non-hydrogen) atoms. The Morgan fingerprint density at radius 1 is 0.975 bits per heavy atom. The molecule has 0 spiro atoms. The second-order valence-corrected chi connectivity index (χ2v) is 11.2. The van der Waals surface area contributed by atoms with Crippen molar-refractivity contribution in [2.24, 2.45) is 4.99 Å². The summed E-state index contributed by atoms with van der Waals surface area (Å²) in [5, 5.41) is 9.82. The number of carboxylic acids is 1. The van der Waals surface area contributed by atoms with Crippen molar-refractivity contribution in [1.82, 2.24) is 9.47 Å². The van der Waals surface area contributed by atoms with Crippen molar-refractivity contribution in [2.45, 2.75) is 40.2 Å². The number of aromatic nitrogens is 1. The highest BCUT2D eigenvalue weighted by molar-refractivity contribution is 8.18. The maximum absolute atomic E-state index is 13.7. The molecule has 1 fully saturated rings. The monoisotopic (exact) mass is 549 g/mol. The Kier molecular flexibility index (Phi) is 7.76. The molecule has 1 amide bonds. The van der Waals surface area contributed by atoms with E-state index in [-0.39, 0.29) is 18.0 Å². The highest BCUT2D eigenvalue weighted by Gasteiger charge is 2.34. The summed E-state index contributed by atoms with van der Waals surface area (Å²) in [6, 6.07) is 26.9. The van der Waals surface area contributed by atoms with Gasteiger partial charge in [-0.05, 0) is 96.8 Å². The van der Waals surface area contributed by atoms with Gasteiger partial charge >= 0.3 is 5.97 Å². The molecular formula is C33H31N3O3S. The molecule has 5 rings (SSSR count). The largest absolute Gasteiger partial charge is 0.478 e. The van der Waals surface area contributed by atoms with Gasteiger partial charge in [-0.3, -0.25) is 9.69 Å². The predicted octanol–water partition coefficient (Wildman–Crippen LogP) is 7.72. The number of hydrogen-bond donors (Lipinski definition) is 1. The van der Waals surface area contributed by atoms with Crippen molar-refractivity contribution in [1.29, 1.82) is 0 Å². The number of aryl methyl sites for hydroxylation is 1. The molecule has 4 aromatic rings. The average molecular weight is 550 g/mol. The highest BCUT2D eigenvalue weighted by Crippen LogP contribution is 2.36. The first-order valence-electron chi connectivity index (χ1n) is 13.2. The van der Waals surface area contributed by atoms with Gasteiger partial charge in [-0.2, -0.15) is 0 Å². The third-order valence-corrected chi connectivity index (χ3v) is 7.99. The van der Waals surface area contributed by atoms with Gasteiger partial charge in [0.05, 0.1) is 22.7 Å². The quantitative estimate of drug-likeness (QED) is 0.240. The van der Waals surface area contributed by atoms with Gasteiger partial charge in [-0.25, -0.2) is 9.79 Å². The zero-order valence-corrected chi connectivity index (χ0v) is 23.8. The van der Waals surface area contributed by atoms with Gasteiger partial charge < -0.3 is 9.67 Å². The van der Waals surface area contributed by atoms with Crippen LogP contribution < -0.4 is 0 Å². The molecule has 0 aliphatic carbocycles. The summed E-state index contributed by atoms with van der Waals surface area (Å²) in [6.45, 7) is 8.80. The number of hydrogen-bond acceptors (Lipinski definition) is 4. The fraction of sp³-hybridized carbons (Fsp3) is 0.182. The smallest absolute Gasteiger partial charge is 0.335 e. The molecule has 0 bridgehead atoms. The van der Waals surface area contributed by atoms with E-state index in [0.29, 0.717) is 16.0 Å². The predicted molar refractivity (Wildman–Crippen MR) is 162 cm³/mol. The minimum atomic E-state index is -0.982. The number of aromatic carboxylic acids is 1. The molecule has 1 N–H and O–H groups in total. The highest BCUT2D eigenvalue weighted by atomic mass is 32.2. The molecule has 1 aromatic heterocycles. The first-order valence-corrected chi connectivity index (χ1v) is 14.0. The maximum Gasteiger partial charge on any atom is 0.335 e. The molecule has 1 aliphatic rings. The van der Waals surface area contributed by atoms with Gasteiger partial charge in [0.1, 0.15) is 0 Å². The molecule has 0 radical (unpaired) electrons. The third-order valence-electron chi connectivity index (χ3n) is 6.99. The molecule has 0 atom stereocenters. The van der Waals surface area contributed by atoms with Crippen molar-refractivity contribution >= 4 is 40.6 Å². The molecule has 3 aromatic carbocycles. The minimum Gasteiger partial charge on any atom is -0.478 e. The Morgan fingerprint density at radius 2 is 1.65 bits per heavy atom. The molecule has 6 nitrogen and oxygen atoms in total. The lowest BCUT2D eigenvalue weighted by atomic mass is 10.0. The Morgan fingerprint density at radius 3 is 2.27 bits per heavy atom. The molecular weight excluding hydrogens is 518 g/mol. The fourth-order valence-electron chi connectivity index (χ4n) is 4.76. The SMILES string of the molecule is Cc1cc(/C=C2\SC(=Nc3ccccc3)N(Cc3ccc(C(=O)O)cc3)C2=O)c(C)n1-c1ccc(C(C)C)cc1. The number of carbonyl (C=O) groups excluding carboxylic acids is 1. The van der Waals surface area contributed by atoms with Crippen LogP contribution in [0.25, 0.3) is 11.8 Å². The van der Waals surface area contributed by atoms with E-state index in [9.17, 15) is 14.7 Å². The number of nitrogens with zero attached hydrogens (tertiary/aromatic N) is 3. The second-order valence-electron chi connectivity index (χ2n) is 10.1. The van der Waals surface area contributed by atoms with Gasteiger partial charge in [0.15, 0.2) is 5.17 Å². The van der Waals surface area contributed by atoms with Gasteiger partial charge in [-0.1, -0.05) is 56.3 Å². The van der Waals surface area contributed by atoms with Crippen LogP contribution >= 0.6 is 11.8 Å². The van der Waals surface area contributed by atoms with Crippen molar-refractivity contribution in [3.63, 3.8) is 0 Å². The van der Waals surface area contributed by atoms with Crippen LogP contribution in [0.5, 0.6) is 0 Å². The van der Waals surface area contributed by atoms with E-state index in [1.165, 1.54) is 17.3 Å². The standard InChI is InChI=1S/C33H31N3O3S/c1-21(2)25-14-16-29(17-15-25)36-22(3)18-27(23(36)4)19-30-31(37)35(20-24-10-12-26(13-11-24)32(38)39)33(40-30)34-28-8-6-5-7-9-28/h5-19,21H,20H2,1-4H3,(H,38,39)/b30-19-,34-33?. The Bertz CT molecular complexity index is 1620. The summed E-state index contributed by atoms with van der Waals surface area (Å²) >= 11 is 1.35. The van der Waals surface area contributed by atoms with E-state index in [1.54, 1.807) is 29.2 Å². The van der Waals surface area contributed by atoms with Crippen molar-refractivity contribution in [2.75, 3.05) is 0 Å². The minimum absolute atomic E-state index is 0.131. The van der Waals surface area contributed by atoms with Gasteiger partial charge in [0.2, 0.25) is 0 Å². The van der Waals surface area contributed by atoms with E-state index in [1.807, 2.05) is 36.4 Å². The first-order chi connectivity index (χ1) is 19.2. The number of carboxylic acid groups (broad SMARTS) is 1. The number of carbonyl (C=O) groups is 2. The molecule has 7 heteroatoms. The van der Waals surface area contributed by atoms with Crippen LogP contribution in [0.2, 0.25) is 0 Å².